The highest BCUT2D eigenvalue weighted by Gasteiger charge is 2.44. The average molecular weight is 379 g/mol. The maximum absolute atomic E-state index is 5.60. The van der Waals surface area contributed by atoms with Crippen molar-refractivity contribution < 1.29 is 9.47 Å². The quantitative estimate of drug-likeness (QED) is 0.621. The molecular weight excluding hydrogens is 354 g/mol. The Morgan fingerprint density at radius 1 is 1.04 bits per heavy atom. The third-order valence-corrected chi connectivity index (χ3v) is 5.96. The molecule has 7 nitrogen and oxygen atoms in total. The molecule has 2 aliphatic carbocycles. The van der Waals surface area contributed by atoms with Crippen LogP contribution in [0.15, 0.2) is 18.2 Å². The molecule has 0 N–H and O–H groups in total. The van der Waals surface area contributed by atoms with Crippen LogP contribution in [0, 0.1) is 11.8 Å². The highest BCUT2D eigenvalue weighted by atomic mass is 16.5. The van der Waals surface area contributed by atoms with E-state index in [2.05, 4.69) is 26.9 Å². The number of fused-ring (bicyclic) bond motifs is 1. The number of benzene rings is 1. The Morgan fingerprint density at radius 3 is 2.21 bits per heavy atom. The average Bonchev–Trinajstić information content (AvgIpc) is 3.66. The molecule has 2 saturated carbocycles. The van der Waals surface area contributed by atoms with Gasteiger partial charge in [-0.25, -0.2) is 4.98 Å². The number of nitrogens with zero attached hydrogens (tertiary/aromatic N) is 5. The SMILES string of the molecule is CCc1nc2c(-c3c(OC)cccc3OC)nnnc2n1C(C1CC1)C1CC1. The molecule has 0 saturated heterocycles. The second-order valence-electron chi connectivity index (χ2n) is 7.76. The van der Waals surface area contributed by atoms with Crippen molar-refractivity contribution in [3.8, 4) is 22.8 Å². The molecule has 2 heterocycles. The van der Waals surface area contributed by atoms with Crippen molar-refractivity contribution >= 4 is 11.2 Å². The number of aryl methyl sites for hydroxylation is 1. The first-order valence-electron chi connectivity index (χ1n) is 10.1. The number of hydrogen-bond acceptors (Lipinski definition) is 6. The van der Waals surface area contributed by atoms with Gasteiger partial charge in [0.15, 0.2) is 5.65 Å². The summed E-state index contributed by atoms with van der Waals surface area (Å²) in [6.45, 7) is 2.15. The van der Waals surface area contributed by atoms with Gasteiger partial charge in [0.25, 0.3) is 0 Å². The van der Waals surface area contributed by atoms with E-state index in [1.807, 2.05) is 18.2 Å². The predicted molar refractivity (Wildman–Crippen MR) is 106 cm³/mol. The summed E-state index contributed by atoms with van der Waals surface area (Å²) in [5.41, 5.74) is 3.05. The van der Waals surface area contributed by atoms with Gasteiger partial charge in [-0.1, -0.05) is 13.0 Å². The molecule has 0 bridgehead atoms. The molecule has 7 heteroatoms. The molecule has 0 aliphatic heterocycles. The molecular formula is C21H25N5O2. The predicted octanol–water partition coefficient (Wildman–Crippen LogP) is 3.83. The van der Waals surface area contributed by atoms with Crippen LogP contribution in [-0.4, -0.2) is 39.2 Å². The molecule has 0 atom stereocenters. The fraction of sp³-hybridized carbons (Fsp3) is 0.524. The summed E-state index contributed by atoms with van der Waals surface area (Å²) in [5, 5.41) is 12.9. The van der Waals surface area contributed by atoms with Gasteiger partial charge in [0.1, 0.15) is 28.5 Å². The number of hydrogen-bond donors (Lipinski definition) is 0. The van der Waals surface area contributed by atoms with Crippen LogP contribution < -0.4 is 9.47 Å². The van der Waals surface area contributed by atoms with Gasteiger partial charge in [-0.05, 0) is 54.9 Å². The number of imidazole rings is 1. The fourth-order valence-corrected chi connectivity index (χ4v) is 4.38. The molecule has 5 rings (SSSR count). The van der Waals surface area contributed by atoms with Gasteiger partial charge >= 0.3 is 0 Å². The zero-order chi connectivity index (χ0) is 19.3. The van der Waals surface area contributed by atoms with Crippen molar-refractivity contribution in [1.82, 2.24) is 25.0 Å². The number of rotatable bonds is 7. The summed E-state index contributed by atoms with van der Waals surface area (Å²) >= 11 is 0. The van der Waals surface area contributed by atoms with Gasteiger partial charge < -0.3 is 14.0 Å². The molecule has 146 valence electrons. The van der Waals surface area contributed by atoms with Crippen LogP contribution in [0.2, 0.25) is 0 Å². The lowest BCUT2D eigenvalue weighted by atomic mass is 10.1. The van der Waals surface area contributed by atoms with Crippen molar-refractivity contribution in [3.63, 3.8) is 0 Å². The van der Waals surface area contributed by atoms with E-state index in [1.165, 1.54) is 25.7 Å². The lowest BCUT2D eigenvalue weighted by Gasteiger charge is -2.20. The van der Waals surface area contributed by atoms with Gasteiger partial charge in [0.2, 0.25) is 0 Å². The molecule has 0 spiro atoms. The first kappa shape index (κ1) is 17.4. The molecule has 28 heavy (non-hydrogen) atoms. The summed E-state index contributed by atoms with van der Waals surface area (Å²) in [6.07, 6.45) is 6.06. The van der Waals surface area contributed by atoms with Gasteiger partial charge in [0.05, 0.1) is 19.8 Å². The minimum Gasteiger partial charge on any atom is -0.496 e. The van der Waals surface area contributed by atoms with E-state index in [0.29, 0.717) is 23.2 Å². The third-order valence-electron chi connectivity index (χ3n) is 5.96. The Labute approximate surface area is 164 Å². The molecule has 3 aromatic rings. The number of methoxy groups -OCH3 is 2. The van der Waals surface area contributed by atoms with Crippen LogP contribution in [0.5, 0.6) is 11.5 Å². The highest BCUT2D eigenvalue weighted by molar-refractivity contribution is 5.91. The lowest BCUT2D eigenvalue weighted by molar-refractivity contribution is 0.390. The zero-order valence-corrected chi connectivity index (χ0v) is 16.6. The lowest BCUT2D eigenvalue weighted by Crippen LogP contribution is -2.17. The first-order chi connectivity index (χ1) is 13.8. The van der Waals surface area contributed by atoms with Crippen LogP contribution in [-0.2, 0) is 6.42 Å². The molecule has 2 aromatic heterocycles. The van der Waals surface area contributed by atoms with Crippen LogP contribution in [0.4, 0.5) is 0 Å². The molecule has 2 aliphatic rings. The summed E-state index contributed by atoms with van der Waals surface area (Å²) in [4.78, 5) is 4.99. The van der Waals surface area contributed by atoms with Crippen LogP contribution in [0.1, 0.15) is 44.5 Å². The van der Waals surface area contributed by atoms with Gasteiger partial charge in [0, 0.05) is 12.5 Å². The van der Waals surface area contributed by atoms with E-state index in [9.17, 15) is 0 Å². The molecule has 0 amide bonds. The number of aromatic nitrogens is 5. The standard InChI is InChI=1S/C21H25N5O2/c1-4-16-22-19-18(17-14(27-2)6-5-7-15(17)28-3)23-25-24-21(19)26(16)20(12-8-9-12)13-10-11-13/h5-7,12-13,20H,4,8-11H2,1-3H3. The fourth-order valence-electron chi connectivity index (χ4n) is 4.38. The van der Waals surface area contributed by atoms with Crippen molar-refractivity contribution in [2.45, 2.75) is 45.1 Å². The molecule has 2 fully saturated rings. The highest BCUT2D eigenvalue weighted by Crippen LogP contribution is 2.53. The Bertz CT molecular complexity index is 989. The maximum atomic E-state index is 5.60. The second kappa shape index (κ2) is 6.72. The largest absolute Gasteiger partial charge is 0.496 e. The zero-order valence-electron chi connectivity index (χ0n) is 16.6. The summed E-state index contributed by atoms with van der Waals surface area (Å²) in [6, 6.07) is 6.20. The Morgan fingerprint density at radius 2 is 1.68 bits per heavy atom. The molecule has 0 unspecified atom stereocenters. The van der Waals surface area contributed by atoms with Crippen molar-refractivity contribution in [2.75, 3.05) is 14.2 Å². The van der Waals surface area contributed by atoms with Gasteiger partial charge in [-0.15, -0.1) is 10.2 Å². The van der Waals surface area contributed by atoms with Crippen molar-refractivity contribution in [3.05, 3.63) is 24.0 Å². The van der Waals surface area contributed by atoms with E-state index < -0.39 is 0 Å². The van der Waals surface area contributed by atoms with Crippen LogP contribution >= 0.6 is 0 Å². The second-order valence-corrected chi connectivity index (χ2v) is 7.76. The number of ether oxygens (including phenoxy) is 2. The third kappa shape index (κ3) is 2.72. The Kier molecular flexibility index (Phi) is 4.18. The van der Waals surface area contributed by atoms with Crippen LogP contribution in [0.25, 0.3) is 22.4 Å². The normalized spacial score (nSPS) is 16.7. The van der Waals surface area contributed by atoms with E-state index in [1.54, 1.807) is 14.2 Å². The van der Waals surface area contributed by atoms with Crippen LogP contribution in [0.3, 0.4) is 0 Å². The topological polar surface area (TPSA) is 75.0 Å². The van der Waals surface area contributed by atoms with Crippen molar-refractivity contribution in [2.24, 2.45) is 11.8 Å². The van der Waals surface area contributed by atoms with Crippen molar-refractivity contribution in [1.29, 1.82) is 0 Å². The molecule has 1 aromatic carbocycles. The maximum Gasteiger partial charge on any atom is 0.187 e. The Hall–Kier alpha value is -2.70. The minimum atomic E-state index is 0.490. The first-order valence-corrected chi connectivity index (χ1v) is 10.1. The van der Waals surface area contributed by atoms with Gasteiger partial charge in [-0.2, -0.15) is 0 Å². The smallest absolute Gasteiger partial charge is 0.187 e. The van der Waals surface area contributed by atoms with E-state index in [0.717, 1.165) is 40.8 Å². The monoisotopic (exact) mass is 379 g/mol. The molecule has 0 radical (unpaired) electrons. The van der Waals surface area contributed by atoms with Gasteiger partial charge in [-0.3, -0.25) is 0 Å². The summed E-state index contributed by atoms with van der Waals surface area (Å²) in [5.74, 6) is 3.93. The summed E-state index contributed by atoms with van der Waals surface area (Å²) < 4.78 is 13.6. The van der Waals surface area contributed by atoms with E-state index in [-0.39, 0.29) is 0 Å². The summed E-state index contributed by atoms with van der Waals surface area (Å²) in [7, 11) is 3.30. The minimum absolute atomic E-state index is 0.490. The van der Waals surface area contributed by atoms with E-state index >= 15 is 0 Å². The van der Waals surface area contributed by atoms with E-state index in [4.69, 9.17) is 14.5 Å². The Balaban J connectivity index is 1.75.